The van der Waals surface area contributed by atoms with Crippen molar-refractivity contribution < 1.29 is 0 Å². The van der Waals surface area contributed by atoms with Crippen molar-refractivity contribution in [2.45, 2.75) is 0 Å². The smallest absolute Gasteiger partial charge is 0.162 e. The molecule has 3 heterocycles. The number of anilines is 1. The monoisotopic (exact) mass is 203 g/mol. The molecule has 3 rings (SSSR count). The Morgan fingerprint density at radius 1 is 1.20 bits per heavy atom. The van der Waals surface area contributed by atoms with E-state index in [0.717, 1.165) is 31.8 Å². The summed E-state index contributed by atoms with van der Waals surface area (Å²) in [5.41, 5.74) is 0.908. The highest BCUT2D eigenvalue weighted by Crippen LogP contribution is 2.15. The summed E-state index contributed by atoms with van der Waals surface area (Å²) in [7, 11) is 0. The predicted molar refractivity (Wildman–Crippen MR) is 58.1 cm³/mol. The van der Waals surface area contributed by atoms with Gasteiger partial charge in [0, 0.05) is 26.2 Å². The van der Waals surface area contributed by atoms with Gasteiger partial charge in [0.1, 0.15) is 12.1 Å². The van der Waals surface area contributed by atoms with E-state index >= 15 is 0 Å². The number of aromatic nitrogens is 3. The standard InChI is InChI=1S/C10H13N5/c1-2-9-13-12-8-15(9)10(3-1)14-6-4-11-5-7-14/h1-3,8,11H,4-7H2. The lowest BCUT2D eigenvalue weighted by atomic mass is 10.3. The number of rotatable bonds is 1. The minimum Gasteiger partial charge on any atom is -0.355 e. The highest BCUT2D eigenvalue weighted by Gasteiger charge is 2.12. The Bertz CT molecular complexity index is 458. The van der Waals surface area contributed by atoms with Gasteiger partial charge in [0.05, 0.1) is 0 Å². The molecular formula is C10H13N5. The quantitative estimate of drug-likeness (QED) is 0.716. The summed E-state index contributed by atoms with van der Waals surface area (Å²) in [6, 6.07) is 6.11. The third kappa shape index (κ3) is 1.45. The molecule has 0 aliphatic carbocycles. The van der Waals surface area contributed by atoms with E-state index in [1.165, 1.54) is 5.82 Å². The predicted octanol–water partition coefficient (Wildman–Crippen LogP) is 0.139. The second kappa shape index (κ2) is 3.51. The van der Waals surface area contributed by atoms with Gasteiger partial charge in [-0.1, -0.05) is 6.07 Å². The van der Waals surface area contributed by atoms with Crippen LogP contribution in [0, 0.1) is 0 Å². The van der Waals surface area contributed by atoms with Crippen molar-refractivity contribution in [2.75, 3.05) is 31.1 Å². The number of piperazine rings is 1. The molecule has 1 fully saturated rings. The Morgan fingerprint density at radius 2 is 2.07 bits per heavy atom. The molecule has 0 aromatic carbocycles. The third-order valence-corrected chi connectivity index (χ3v) is 2.75. The molecule has 0 spiro atoms. The van der Waals surface area contributed by atoms with E-state index in [1.807, 2.05) is 16.5 Å². The van der Waals surface area contributed by atoms with E-state index in [0.29, 0.717) is 0 Å². The number of nitrogens with zero attached hydrogens (tertiary/aromatic N) is 4. The minimum absolute atomic E-state index is 0.908. The Hall–Kier alpha value is -1.62. The van der Waals surface area contributed by atoms with Crippen LogP contribution in [0.5, 0.6) is 0 Å². The molecule has 1 saturated heterocycles. The lowest BCUT2D eigenvalue weighted by Crippen LogP contribution is -2.44. The van der Waals surface area contributed by atoms with Gasteiger partial charge in [0.2, 0.25) is 0 Å². The Balaban J connectivity index is 2.05. The maximum Gasteiger partial charge on any atom is 0.162 e. The van der Waals surface area contributed by atoms with Crippen LogP contribution in [0.15, 0.2) is 24.5 Å². The molecule has 0 atom stereocenters. The van der Waals surface area contributed by atoms with Crippen LogP contribution in [0.25, 0.3) is 5.65 Å². The van der Waals surface area contributed by atoms with Crippen LogP contribution in [0.2, 0.25) is 0 Å². The van der Waals surface area contributed by atoms with Crippen molar-refractivity contribution in [3.05, 3.63) is 24.5 Å². The molecule has 1 N–H and O–H groups in total. The molecule has 1 aliphatic rings. The third-order valence-electron chi connectivity index (χ3n) is 2.75. The molecular weight excluding hydrogens is 190 g/mol. The number of pyridine rings is 1. The van der Waals surface area contributed by atoms with Crippen molar-refractivity contribution >= 4 is 11.5 Å². The van der Waals surface area contributed by atoms with Gasteiger partial charge >= 0.3 is 0 Å². The van der Waals surface area contributed by atoms with E-state index in [-0.39, 0.29) is 0 Å². The van der Waals surface area contributed by atoms with Crippen LogP contribution in [-0.4, -0.2) is 40.8 Å². The molecule has 0 bridgehead atoms. The lowest BCUT2D eigenvalue weighted by molar-refractivity contribution is 0.583. The maximum atomic E-state index is 4.04. The Kier molecular flexibility index (Phi) is 2.03. The molecule has 5 nitrogen and oxygen atoms in total. The number of nitrogens with one attached hydrogen (secondary N) is 1. The average molecular weight is 203 g/mol. The van der Waals surface area contributed by atoms with E-state index in [4.69, 9.17) is 0 Å². The highest BCUT2D eigenvalue weighted by atomic mass is 15.3. The van der Waals surface area contributed by atoms with Gasteiger partial charge in [0.15, 0.2) is 5.65 Å². The first-order valence-corrected chi connectivity index (χ1v) is 5.19. The lowest BCUT2D eigenvalue weighted by Gasteiger charge is -2.29. The summed E-state index contributed by atoms with van der Waals surface area (Å²) in [6.45, 7) is 4.16. The number of fused-ring (bicyclic) bond motifs is 1. The molecule has 5 heteroatoms. The van der Waals surface area contributed by atoms with E-state index < -0.39 is 0 Å². The van der Waals surface area contributed by atoms with E-state index in [2.05, 4.69) is 26.5 Å². The molecule has 2 aromatic heterocycles. The van der Waals surface area contributed by atoms with Gasteiger partial charge < -0.3 is 10.2 Å². The summed E-state index contributed by atoms with van der Waals surface area (Å²) < 4.78 is 2.03. The van der Waals surface area contributed by atoms with Crippen LogP contribution >= 0.6 is 0 Å². The first kappa shape index (κ1) is 8.67. The molecule has 15 heavy (non-hydrogen) atoms. The van der Waals surface area contributed by atoms with E-state index in [9.17, 15) is 0 Å². The topological polar surface area (TPSA) is 45.5 Å². The van der Waals surface area contributed by atoms with Gasteiger partial charge in [0.25, 0.3) is 0 Å². The van der Waals surface area contributed by atoms with Crippen LogP contribution in [-0.2, 0) is 0 Å². The SMILES string of the molecule is c1cc(N2CCNCC2)n2cnnc2c1. The fraction of sp³-hybridized carbons (Fsp3) is 0.400. The molecule has 2 aromatic rings. The molecule has 0 unspecified atom stereocenters. The summed E-state index contributed by atoms with van der Waals surface area (Å²) >= 11 is 0. The molecule has 78 valence electrons. The van der Waals surface area contributed by atoms with Gasteiger partial charge in [-0.05, 0) is 12.1 Å². The minimum atomic E-state index is 0.908. The number of hydrogen-bond acceptors (Lipinski definition) is 4. The van der Waals surface area contributed by atoms with Crippen molar-refractivity contribution in [3.8, 4) is 0 Å². The van der Waals surface area contributed by atoms with Gasteiger partial charge in [-0.2, -0.15) is 0 Å². The van der Waals surface area contributed by atoms with Crippen LogP contribution < -0.4 is 10.2 Å². The van der Waals surface area contributed by atoms with E-state index in [1.54, 1.807) is 6.33 Å². The second-order valence-corrected chi connectivity index (χ2v) is 3.68. The van der Waals surface area contributed by atoms with Gasteiger partial charge in [-0.15, -0.1) is 10.2 Å². The normalized spacial score (nSPS) is 17.2. The number of hydrogen-bond donors (Lipinski definition) is 1. The van der Waals surface area contributed by atoms with Crippen LogP contribution in [0.1, 0.15) is 0 Å². The van der Waals surface area contributed by atoms with Gasteiger partial charge in [-0.25, -0.2) is 0 Å². The largest absolute Gasteiger partial charge is 0.355 e. The van der Waals surface area contributed by atoms with Crippen molar-refractivity contribution in [3.63, 3.8) is 0 Å². The first-order valence-electron chi connectivity index (χ1n) is 5.19. The van der Waals surface area contributed by atoms with Crippen LogP contribution in [0.3, 0.4) is 0 Å². The van der Waals surface area contributed by atoms with Crippen molar-refractivity contribution in [1.29, 1.82) is 0 Å². The maximum absolute atomic E-state index is 4.04. The zero-order valence-electron chi connectivity index (χ0n) is 8.43. The average Bonchev–Trinajstić information content (AvgIpc) is 2.78. The molecule has 0 saturated carbocycles. The first-order chi connectivity index (χ1) is 7.45. The summed E-state index contributed by atoms with van der Waals surface area (Å²) in [5, 5.41) is 11.3. The zero-order chi connectivity index (χ0) is 10.1. The summed E-state index contributed by atoms with van der Waals surface area (Å²) in [4.78, 5) is 2.35. The van der Waals surface area contributed by atoms with Gasteiger partial charge in [-0.3, -0.25) is 4.40 Å². The molecule has 0 amide bonds. The van der Waals surface area contributed by atoms with Crippen molar-refractivity contribution in [1.82, 2.24) is 19.9 Å². The zero-order valence-corrected chi connectivity index (χ0v) is 8.43. The fourth-order valence-electron chi connectivity index (χ4n) is 1.99. The van der Waals surface area contributed by atoms with Crippen molar-refractivity contribution in [2.24, 2.45) is 0 Å². The fourth-order valence-corrected chi connectivity index (χ4v) is 1.99. The second-order valence-electron chi connectivity index (χ2n) is 3.68. The molecule has 1 aliphatic heterocycles. The Morgan fingerprint density at radius 3 is 2.93 bits per heavy atom. The van der Waals surface area contributed by atoms with Crippen LogP contribution in [0.4, 0.5) is 5.82 Å². The Labute approximate surface area is 87.7 Å². The summed E-state index contributed by atoms with van der Waals surface area (Å²) in [5.74, 6) is 1.18. The molecule has 0 radical (unpaired) electrons. The summed E-state index contributed by atoms with van der Waals surface area (Å²) in [6.07, 6.45) is 1.77. The highest BCUT2D eigenvalue weighted by molar-refractivity contribution is 5.50.